The molecular weight excluding hydrogens is 251 g/mol. The minimum Gasteiger partial charge on any atom is -0.349 e. The number of amides is 1. The van der Waals surface area contributed by atoms with Crippen LogP contribution in [0, 0.1) is 35.2 Å². The van der Waals surface area contributed by atoms with Gasteiger partial charge in [-0.2, -0.15) is 4.39 Å². The lowest BCUT2D eigenvalue weighted by atomic mass is 10.1. The second kappa shape index (κ2) is 5.96. The molecule has 5 nitrogen and oxygen atoms in total. The summed E-state index contributed by atoms with van der Waals surface area (Å²) in [6, 6.07) is 1.64. The van der Waals surface area contributed by atoms with E-state index in [-0.39, 0.29) is 11.6 Å². The molecule has 0 radical (unpaired) electrons. The van der Waals surface area contributed by atoms with Gasteiger partial charge in [0, 0.05) is 24.1 Å². The molecule has 0 aliphatic rings. The van der Waals surface area contributed by atoms with Gasteiger partial charge in [0.1, 0.15) is 0 Å². The zero-order chi connectivity index (χ0) is 14.6. The summed E-state index contributed by atoms with van der Waals surface area (Å²) in [6.07, 6.45) is 5.46. The number of nitro benzene ring substituents is 1. The third-order valence-electron chi connectivity index (χ3n) is 2.54. The fourth-order valence-electron chi connectivity index (χ4n) is 1.58. The van der Waals surface area contributed by atoms with Crippen LogP contribution in [0.1, 0.15) is 29.3 Å². The Hall–Kier alpha value is -2.42. The van der Waals surface area contributed by atoms with Gasteiger partial charge < -0.3 is 5.32 Å². The van der Waals surface area contributed by atoms with E-state index in [0.717, 1.165) is 12.1 Å². The number of rotatable bonds is 4. The average Bonchev–Trinajstić information content (AvgIpc) is 2.28. The molecule has 100 valence electrons. The smallest absolute Gasteiger partial charge is 0.305 e. The number of hydrogen-bond acceptors (Lipinski definition) is 3. The summed E-state index contributed by atoms with van der Waals surface area (Å²) in [5.74, 6) is 0.922. The Morgan fingerprint density at radius 3 is 2.79 bits per heavy atom. The minimum atomic E-state index is -0.962. The number of terminal acetylenes is 1. The Bertz CT molecular complexity index is 564. The number of nitro groups is 1. The van der Waals surface area contributed by atoms with Gasteiger partial charge in [0.05, 0.1) is 4.92 Å². The number of carbonyl (C=O) groups is 1. The normalized spacial score (nSPS) is 11.5. The first-order chi connectivity index (χ1) is 8.86. The van der Waals surface area contributed by atoms with Crippen LogP contribution >= 0.6 is 0 Å². The van der Waals surface area contributed by atoms with E-state index < -0.39 is 22.3 Å². The second-order valence-electron chi connectivity index (χ2n) is 4.16. The molecule has 0 bridgehead atoms. The van der Waals surface area contributed by atoms with Gasteiger partial charge in [0.15, 0.2) is 0 Å². The van der Waals surface area contributed by atoms with Crippen molar-refractivity contribution in [3.8, 4) is 12.3 Å². The number of nitrogens with zero attached hydrogens (tertiary/aromatic N) is 1. The van der Waals surface area contributed by atoms with Crippen molar-refractivity contribution in [1.29, 1.82) is 0 Å². The molecule has 0 saturated carbocycles. The lowest BCUT2D eigenvalue weighted by Crippen LogP contribution is -2.32. The first-order valence-corrected chi connectivity index (χ1v) is 5.55. The fourth-order valence-corrected chi connectivity index (χ4v) is 1.58. The molecule has 1 aromatic rings. The van der Waals surface area contributed by atoms with Crippen molar-refractivity contribution in [1.82, 2.24) is 5.32 Å². The molecule has 19 heavy (non-hydrogen) atoms. The third kappa shape index (κ3) is 3.52. The zero-order valence-electron chi connectivity index (χ0n) is 10.6. The van der Waals surface area contributed by atoms with Crippen molar-refractivity contribution in [2.45, 2.75) is 26.3 Å². The molecule has 1 unspecified atom stereocenters. The van der Waals surface area contributed by atoms with Crippen LogP contribution in [0.25, 0.3) is 0 Å². The van der Waals surface area contributed by atoms with E-state index in [9.17, 15) is 19.3 Å². The van der Waals surface area contributed by atoms with Gasteiger partial charge >= 0.3 is 5.69 Å². The molecule has 1 N–H and O–H groups in total. The van der Waals surface area contributed by atoms with Crippen molar-refractivity contribution in [2.24, 2.45) is 0 Å². The Kier molecular flexibility index (Phi) is 4.59. The van der Waals surface area contributed by atoms with Crippen LogP contribution in [0.3, 0.4) is 0 Å². The van der Waals surface area contributed by atoms with E-state index >= 15 is 0 Å². The lowest BCUT2D eigenvalue weighted by molar-refractivity contribution is -0.387. The van der Waals surface area contributed by atoms with E-state index in [1.807, 2.05) is 0 Å². The summed E-state index contributed by atoms with van der Waals surface area (Å²) in [5.41, 5.74) is -0.328. The standard InChI is InChI=1S/C13H13FN2O3/c1-4-5-9(3)15-13(17)10-7-12(16(18)19)11(14)6-8(10)2/h1,6-7,9H,5H2,2-3H3,(H,15,17). The zero-order valence-corrected chi connectivity index (χ0v) is 10.6. The molecule has 0 aliphatic carbocycles. The summed E-state index contributed by atoms with van der Waals surface area (Å²) >= 11 is 0. The van der Waals surface area contributed by atoms with Crippen LogP contribution in [0.4, 0.5) is 10.1 Å². The van der Waals surface area contributed by atoms with Gasteiger partial charge in [-0.05, 0) is 25.5 Å². The maximum Gasteiger partial charge on any atom is 0.305 e. The van der Waals surface area contributed by atoms with E-state index in [0.29, 0.717) is 12.0 Å². The molecule has 1 amide bonds. The quantitative estimate of drug-likeness (QED) is 0.514. The maximum absolute atomic E-state index is 13.3. The topological polar surface area (TPSA) is 72.2 Å². The molecule has 1 atom stereocenters. The van der Waals surface area contributed by atoms with Gasteiger partial charge in [-0.15, -0.1) is 12.3 Å². The number of hydrogen-bond donors (Lipinski definition) is 1. The van der Waals surface area contributed by atoms with E-state index in [1.54, 1.807) is 6.92 Å². The maximum atomic E-state index is 13.3. The lowest BCUT2D eigenvalue weighted by Gasteiger charge is -2.12. The largest absolute Gasteiger partial charge is 0.349 e. The summed E-state index contributed by atoms with van der Waals surface area (Å²) in [6.45, 7) is 3.22. The fraction of sp³-hybridized carbons (Fsp3) is 0.308. The number of carbonyl (C=O) groups excluding carboxylic acids is 1. The minimum absolute atomic E-state index is 0.0666. The number of halogens is 1. The molecule has 0 saturated heterocycles. The number of benzene rings is 1. The van der Waals surface area contributed by atoms with Crippen LogP contribution in [0.2, 0.25) is 0 Å². The van der Waals surface area contributed by atoms with E-state index in [2.05, 4.69) is 11.2 Å². The SMILES string of the molecule is C#CCC(C)NC(=O)c1cc([N+](=O)[O-])c(F)cc1C. The molecule has 0 fully saturated rings. The monoisotopic (exact) mass is 264 g/mol. The summed E-state index contributed by atoms with van der Waals surface area (Å²) in [4.78, 5) is 21.7. The second-order valence-corrected chi connectivity index (χ2v) is 4.16. The molecule has 6 heteroatoms. The average molecular weight is 264 g/mol. The van der Waals surface area contributed by atoms with Gasteiger partial charge in [-0.1, -0.05) is 0 Å². The van der Waals surface area contributed by atoms with Gasteiger partial charge in [-0.3, -0.25) is 14.9 Å². The highest BCUT2D eigenvalue weighted by Crippen LogP contribution is 2.22. The predicted molar refractivity (Wildman–Crippen MR) is 68.2 cm³/mol. The van der Waals surface area contributed by atoms with E-state index in [4.69, 9.17) is 6.42 Å². The molecule has 1 aromatic carbocycles. The first-order valence-electron chi connectivity index (χ1n) is 5.55. The summed E-state index contributed by atoms with van der Waals surface area (Å²) in [5, 5.41) is 13.2. The Labute approximate surface area is 110 Å². The summed E-state index contributed by atoms with van der Waals surface area (Å²) in [7, 11) is 0. The Balaban J connectivity index is 3.07. The van der Waals surface area contributed by atoms with Crippen LogP contribution in [-0.4, -0.2) is 16.9 Å². The summed E-state index contributed by atoms with van der Waals surface area (Å²) < 4.78 is 13.3. The highest BCUT2D eigenvalue weighted by atomic mass is 19.1. The molecule has 0 aliphatic heterocycles. The Morgan fingerprint density at radius 1 is 1.63 bits per heavy atom. The van der Waals surface area contributed by atoms with Crippen molar-refractivity contribution >= 4 is 11.6 Å². The Morgan fingerprint density at radius 2 is 2.26 bits per heavy atom. The first kappa shape index (κ1) is 14.6. The van der Waals surface area contributed by atoms with Crippen molar-refractivity contribution in [3.63, 3.8) is 0 Å². The van der Waals surface area contributed by atoms with Crippen LogP contribution < -0.4 is 5.32 Å². The molecule has 0 spiro atoms. The van der Waals surface area contributed by atoms with Crippen molar-refractivity contribution < 1.29 is 14.1 Å². The van der Waals surface area contributed by atoms with Gasteiger partial charge in [0.2, 0.25) is 5.82 Å². The van der Waals surface area contributed by atoms with Crippen LogP contribution in [0.15, 0.2) is 12.1 Å². The predicted octanol–water partition coefficient (Wildman–Crippen LogP) is 2.18. The number of nitrogens with one attached hydrogen (secondary N) is 1. The van der Waals surface area contributed by atoms with Crippen LogP contribution in [-0.2, 0) is 0 Å². The molecule has 1 rings (SSSR count). The highest BCUT2D eigenvalue weighted by molar-refractivity contribution is 5.96. The molecule has 0 aromatic heterocycles. The number of aryl methyl sites for hydroxylation is 1. The third-order valence-corrected chi connectivity index (χ3v) is 2.54. The van der Waals surface area contributed by atoms with Crippen LogP contribution in [0.5, 0.6) is 0 Å². The van der Waals surface area contributed by atoms with E-state index in [1.165, 1.54) is 6.92 Å². The van der Waals surface area contributed by atoms with Crippen molar-refractivity contribution in [2.75, 3.05) is 0 Å². The molecular formula is C13H13FN2O3. The highest BCUT2D eigenvalue weighted by Gasteiger charge is 2.20. The molecule has 0 heterocycles. The van der Waals surface area contributed by atoms with Gasteiger partial charge in [0.25, 0.3) is 5.91 Å². The van der Waals surface area contributed by atoms with Gasteiger partial charge in [-0.25, -0.2) is 0 Å². The van der Waals surface area contributed by atoms with Crippen molar-refractivity contribution in [3.05, 3.63) is 39.2 Å².